The first-order chi connectivity index (χ1) is 8.11. The molecule has 1 rings (SSSR count). The van der Waals surface area contributed by atoms with Crippen molar-refractivity contribution in [3.05, 3.63) is 22.6 Å². The molecule has 0 saturated carbocycles. The highest BCUT2D eigenvalue weighted by atomic mass is 79.9. The van der Waals surface area contributed by atoms with Crippen molar-refractivity contribution in [2.45, 2.75) is 25.9 Å². The summed E-state index contributed by atoms with van der Waals surface area (Å²) >= 11 is 3.49. The molecule has 0 bridgehead atoms. The summed E-state index contributed by atoms with van der Waals surface area (Å²) in [6.07, 6.45) is 1.68. The molecule has 2 N–H and O–H groups in total. The Morgan fingerprint density at radius 2 is 2.24 bits per heavy atom. The predicted octanol–water partition coefficient (Wildman–Crippen LogP) is 2.40. The Balaban J connectivity index is 2.85. The van der Waals surface area contributed by atoms with Gasteiger partial charge in [0.25, 0.3) is 0 Å². The molecule has 0 spiro atoms. The Morgan fingerprint density at radius 1 is 1.53 bits per heavy atom. The molecular formula is C12H21BrN2O2. The number of nitrogens with two attached hydrogens (primary N) is 1. The van der Waals surface area contributed by atoms with E-state index in [9.17, 15) is 0 Å². The first-order valence-electron chi connectivity index (χ1n) is 5.79. The molecule has 1 unspecified atom stereocenters. The van der Waals surface area contributed by atoms with Crippen LogP contribution in [0.2, 0.25) is 0 Å². The van der Waals surface area contributed by atoms with Crippen LogP contribution in [0, 0.1) is 0 Å². The number of halogens is 1. The highest BCUT2D eigenvalue weighted by Crippen LogP contribution is 2.29. The summed E-state index contributed by atoms with van der Waals surface area (Å²) in [5, 5.41) is 0. The minimum atomic E-state index is 0.0783. The number of methoxy groups -OCH3 is 1. The molecule has 0 aliphatic heterocycles. The van der Waals surface area contributed by atoms with Gasteiger partial charge in [-0.25, -0.2) is 0 Å². The first-order valence-corrected chi connectivity index (χ1v) is 6.58. The average Bonchev–Trinajstić information content (AvgIpc) is 2.70. The third-order valence-electron chi connectivity index (χ3n) is 2.79. The van der Waals surface area contributed by atoms with Crippen LogP contribution in [0.1, 0.15) is 25.6 Å². The van der Waals surface area contributed by atoms with Crippen molar-refractivity contribution >= 4 is 15.9 Å². The molecule has 0 aliphatic rings. The van der Waals surface area contributed by atoms with Crippen molar-refractivity contribution < 1.29 is 9.15 Å². The van der Waals surface area contributed by atoms with E-state index >= 15 is 0 Å². The zero-order chi connectivity index (χ0) is 12.8. The van der Waals surface area contributed by atoms with Gasteiger partial charge in [0, 0.05) is 26.2 Å². The summed E-state index contributed by atoms with van der Waals surface area (Å²) < 4.78 is 11.6. The van der Waals surface area contributed by atoms with E-state index < -0.39 is 0 Å². The summed E-state index contributed by atoms with van der Waals surface area (Å²) in [5.41, 5.74) is 5.88. The highest BCUT2D eigenvalue weighted by Gasteiger charge is 2.25. The van der Waals surface area contributed by atoms with Gasteiger partial charge in [-0.3, -0.25) is 4.90 Å². The third-order valence-corrected chi connectivity index (χ3v) is 3.44. The molecule has 4 nitrogen and oxygen atoms in total. The molecule has 0 aliphatic carbocycles. The molecular weight excluding hydrogens is 284 g/mol. The SMILES string of the molecule is COCCN(C(C)C)C(CN)c1occc1Br. The zero-order valence-corrected chi connectivity index (χ0v) is 12.2. The number of hydrogen-bond acceptors (Lipinski definition) is 4. The fourth-order valence-electron chi connectivity index (χ4n) is 1.91. The van der Waals surface area contributed by atoms with E-state index in [1.54, 1.807) is 13.4 Å². The van der Waals surface area contributed by atoms with E-state index in [0.717, 1.165) is 16.8 Å². The van der Waals surface area contributed by atoms with Crippen LogP contribution >= 0.6 is 15.9 Å². The lowest BCUT2D eigenvalue weighted by atomic mass is 10.1. The smallest absolute Gasteiger partial charge is 0.136 e. The van der Waals surface area contributed by atoms with Crippen LogP contribution in [-0.4, -0.2) is 37.7 Å². The molecule has 17 heavy (non-hydrogen) atoms. The van der Waals surface area contributed by atoms with Gasteiger partial charge in [0.2, 0.25) is 0 Å². The lowest BCUT2D eigenvalue weighted by Crippen LogP contribution is -2.40. The summed E-state index contributed by atoms with van der Waals surface area (Å²) in [5.74, 6) is 0.886. The van der Waals surface area contributed by atoms with E-state index in [2.05, 4.69) is 34.7 Å². The van der Waals surface area contributed by atoms with Crippen LogP contribution in [0.5, 0.6) is 0 Å². The minimum Gasteiger partial charge on any atom is -0.466 e. The Kier molecular flexibility index (Phi) is 6.19. The van der Waals surface area contributed by atoms with E-state index in [4.69, 9.17) is 14.9 Å². The summed E-state index contributed by atoms with van der Waals surface area (Å²) in [6.45, 7) is 6.34. The molecule has 0 fully saturated rings. The normalized spacial score (nSPS) is 13.6. The lowest BCUT2D eigenvalue weighted by Gasteiger charge is -2.33. The van der Waals surface area contributed by atoms with Crippen LogP contribution < -0.4 is 5.73 Å². The maximum absolute atomic E-state index is 5.88. The minimum absolute atomic E-state index is 0.0783. The van der Waals surface area contributed by atoms with Crippen molar-refractivity contribution in [1.29, 1.82) is 0 Å². The second-order valence-electron chi connectivity index (χ2n) is 4.21. The molecule has 5 heteroatoms. The standard InChI is InChI=1S/C12H21BrN2O2/c1-9(2)15(5-7-16-3)11(8-14)12-10(13)4-6-17-12/h4,6,9,11H,5,7-8,14H2,1-3H3. The number of hydrogen-bond donors (Lipinski definition) is 1. The van der Waals surface area contributed by atoms with Gasteiger partial charge < -0.3 is 14.9 Å². The molecule has 1 aromatic rings. The summed E-state index contributed by atoms with van der Waals surface area (Å²) in [4.78, 5) is 2.28. The van der Waals surface area contributed by atoms with Crippen molar-refractivity contribution in [3.63, 3.8) is 0 Å². The van der Waals surface area contributed by atoms with Gasteiger partial charge in [0.05, 0.1) is 23.4 Å². The number of furan rings is 1. The van der Waals surface area contributed by atoms with Gasteiger partial charge in [-0.05, 0) is 35.8 Å². The quantitative estimate of drug-likeness (QED) is 0.840. The van der Waals surface area contributed by atoms with Crippen molar-refractivity contribution in [1.82, 2.24) is 4.90 Å². The molecule has 98 valence electrons. The van der Waals surface area contributed by atoms with E-state index in [-0.39, 0.29) is 6.04 Å². The molecule has 0 aromatic carbocycles. The molecule has 0 radical (unpaired) electrons. The first kappa shape index (κ1) is 14.7. The van der Waals surface area contributed by atoms with E-state index in [0.29, 0.717) is 19.2 Å². The van der Waals surface area contributed by atoms with Crippen molar-refractivity contribution in [2.75, 3.05) is 26.8 Å². The van der Waals surface area contributed by atoms with Gasteiger partial charge in [-0.15, -0.1) is 0 Å². The highest BCUT2D eigenvalue weighted by molar-refractivity contribution is 9.10. The Morgan fingerprint density at radius 3 is 2.65 bits per heavy atom. The fourth-order valence-corrected chi connectivity index (χ4v) is 2.37. The van der Waals surface area contributed by atoms with Crippen LogP contribution in [0.3, 0.4) is 0 Å². The van der Waals surface area contributed by atoms with Crippen LogP contribution in [0.4, 0.5) is 0 Å². The fraction of sp³-hybridized carbons (Fsp3) is 0.667. The molecule has 0 saturated heterocycles. The van der Waals surface area contributed by atoms with Gasteiger partial charge in [-0.2, -0.15) is 0 Å². The molecule has 1 heterocycles. The van der Waals surface area contributed by atoms with Gasteiger partial charge in [-0.1, -0.05) is 0 Å². The van der Waals surface area contributed by atoms with Gasteiger partial charge in [0.1, 0.15) is 5.76 Å². The second kappa shape index (κ2) is 7.16. The maximum Gasteiger partial charge on any atom is 0.136 e. The topological polar surface area (TPSA) is 51.6 Å². The third kappa shape index (κ3) is 3.81. The van der Waals surface area contributed by atoms with Crippen molar-refractivity contribution in [2.24, 2.45) is 5.73 Å². The van der Waals surface area contributed by atoms with Crippen molar-refractivity contribution in [3.8, 4) is 0 Å². The van der Waals surface area contributed by atoms with Crippen LogP contribution in [0.15, 0.2) is 21.2 Å². The number of nitrogens with zero attached hydrogens (tertiary/aromatic N) is 1. The maximum atomic E-state index is 5.88. The lowest BCUT2D eigenvalue weighted by molar-refractivity contribution is 0.0887. The predicted molar refractivity (Wildman–Crippen MR) is 71.9 cm³/mol. The van der Waals surface area contributed by atoms with Crippen LogP contribution in [-0.2, 0) is 4.74 Å². The van der Waals surface area contributed by atoms with Gasteiger partial charge in [0.15, 0.2) is 0 Å². The average molecular weight is 305 g/mol. The number of rotatable bonds is 7. The van der Waals surface area contributed by atoms with Crippen LogP contribution in [0.25, 0.3) is 0 Å². The van der Waals surface area contributed by atoms with Gasteiger partial charge >= 0.3 is 0 Å². The number of ether oxygens (including phenoxy) is 1. The van der Waals surface area contributed by atoms with E-state index in [1.807, 2.05) is 6.07 Å². The Bertz CT molecular complexity index is 328. The second-order valence-corrected chi connectivity index (χ2v) is 5.06. The monoisotopic (exact) mass is 304 g/mol. The summed E-state index contributed by atoms with van der Waals surface area (Å²) in [6, 6.07) is 2.36. The molecule has 0 amide bonds. The summed E-state index contributed by atoms with van der Waals surface area (Å²) in [7, 11) is 1.71. The Hall–Kier alpha value is -0.360. The largest absolute Gasteiger partial charge is 0.466 e. The zero-order valence-electron chi connectivity index (χ0n) is 10.6. The molecule has 1 atom stereocenters. The Labute approximate surface area is 111 Å². The van der Waals surface area contributed by atoms with E-state index in [1.165, 1.54) is 0 Å². The molecule has 1 aromatic heterocycles.